The van der Waals surface area contributed by atoms with Crippen LogP contribution in [-0.4, -0.2) is 16.4 Å². The Labute approximate surface area is 61.7 Å². The summed E-state index contributed by atoms with van der Waals surface area (Å²) in [5, 5.41) is 11.4. The monoisotopic (exact) mass is 152 g/mol. The van der Waals surface area contributed by atoms with Crippen molar-refractivity contribution in [3.05, 3.63) is 22.9 Å². The highest BCUT2D eigenvalue weighted by molar-refractivity contribution is 5.86. The maximum Gasteiger partial charge on any atom is 0.156 e. The van der Waals surface area contributed by atoms with E-state index >= 15 is 0 Å². The Morgan fingerprint density at radius 2 is 2.27 bits per heavy atom. The molecular weight excluding hydrogens is 148 g/mol. The molecule has 0 fully saturated rings. The SMILES string of the molecule is O=Cc1c(O)cncc1N=O. The lowest BCUT2D eigenvalue weighted by Crippen LogP contribution is -1.83. The molecule has 0 aliphatic heterocycles. The van der Waals surface area contributed by atoms with Crippen LogP contribution in [0.25, 0.3) is 0 Å². The van der Waals surface area contributed by atoms with Crippen molar-refractivity contribution in [1.29, 1.82) is 0 Å². The highest BCUT2D eigenvalue weighted by atomic mass is 16.3. The summed E-state index contributed by atoms with van der Waals surface area (Å²) in [7, 11) is 0. The second-order valence-electron chi connectivity index (χ2n) is 1.80. The number of hydrogen-bond acceptors (Lipinski definition) is 5. The van der Waals surface area contributed by atoms with Gasteiger partial charge in [0.1, 0.15) is 11.4 Å². The Hall–Kier alpha value is -1.78. The van der Waals surface area contributed by atoms with Crippen LogP contribution >= 0.6 is 0 Å². The van der Waals surface area contributed by atoms with E-state index in [1.807, 2.05) is 0 Å². The minimum atomic E-state index is -0.336. The topological polar surface area (TPSA) is 79.6 Å². The molecule has 1 rings (SSSR count). The number of nitrogens with zero attached hydrogens (tertiary/aromatic N) is 2. The van der Waals surface area contributed by atoms with E-state index in [1.165, 1.54) is 0 Å². The van der Waals surface area contributed by atoms with E-state index in [-0.39, 0.29) is 17.0 Å². The molecule has 1 aromatic rings. The van der Waals surface area contributed by atoms with Gasteiger partial charge in [0.25, 0.3) is 0 Å². The summed E-state index contributed by atoms with van der Waals surface area (Å²) in [6, 6.07) is 0. The zero-order chi connectivity index (χ0) is 8.27. The number of hydrogen-bond donors (Lipinski definition) is 1. The molecule has 0 amide bonds. The Kier molecular flexibility index (Phi) is 1.91. The van der Waals surface area contributed by atoms with Gasteiger partial charge >= 0.3 is 0 Å². The number of rotatable bonds is 2. The zero-order valence-corrected chi connectivity index (χ0v) is 5.39. The number of aldehydes is 1. The van der Waals surface area contributed by atoms with Gasteiger partial charge in [-0.3, -0.25) is 9.78 Å². The highest BCUT2D eigenvalue weighted by Gasteiger charge is 2.06. The Balaban J connectivity index is 3.35. The predicted molar refractivity (Wildman–Crippen MR) is 36.7 cm³/mol. The smallest absolute Gasteiger partial charge is 0.156 e. The third kappa shape index (κ3) is 1.21. The maximum absolute atomic E-state index is 10.2. The fourth-order valence-electron chi connectivity index (χ4n) is 0.642. The van der Waals surface area contributed by atoms with Crippen LogP contribution < -0.4 is 0 Å². The lowest BCUT2D eigenvalue weighted by Gasteiger charge is -1.95. The van der Waals surface area contributed by atoms with Crippen LogP contribution in [0.2, 0.25) is 0 Å². The first-order valence-corrected chi connectivity index (χ1v) is 2.75. The number of aromatic nitrogens is 1. The number of nitroso groups, excluding NO2 is 1. The molecule has 0 aliphatic rings. The van der Waals surface area contributed by atoms with Gasteiger partial charge in [0.15, 0.2) is 6.29 Å². The second kappa shape index (κ2) is 2.87. The van der Waals surface area contributed by atoms with Crippen molar-refractivity contribution < 1.29 is 9.90 Å². The molecule has 0 bridgehead atoms. The van der Waals surface area contributed by atoms with Crippen molar-refractivity contribution in [2.75, 3.05) is 0 Å². The fraction of sp³-hybridized carbons (Fsp3) is 0. The van der Waals surface area contributed by atoms with Crippen LogP contribution in [0.1, 0.15) is 10.4 Å². The first-order chi connectivity index (χ1) is 5.29. The van der Waals surface area contributed by atoms with Gasteiger partial charge in [-0.25, -0.2) is 0 Å². The molecule has 0 saturated heterocycles. The van der Waals surface area contributed by atoms with Gasteiger partial charge in [-0.2, -0.15) is 0 Å². The Bertz CT molecular complexity index is 298. The first-order valence-electron chi connectivity index (χ1n) is 2.75. The van der Waals surface area contributed by atoms with Crippen molar-refractivity contribution >= 4 is 12.0 Å². The van der Waals surface area contributed by atoms with Gasteiger partial charge in [0, 0.05) is 0 Å². The van der Waals surface area contributed by atoms with Crippen molar-refractivity contribution in [3.8, 4) is 5.75 Å². The van der Waals surface area contributed by atoms with E-state index in [0.717, 1.165) is 12.4 Å². The number of aromatic hydroxyl groups is 1. The molecule has 56 valence electrons. The molecule has 0 atom stereocenters. The first kappa shape index (κ1) is 7.33. The highest BCUT2D eigenvalue weighted by Crippen LogP contribution is 2.23. The van der Waals surface area contributed by atoms with Crippen molar-refractivity contribution in [2.45, 2.75) is 0 Å². The van der Waals surface area contributed by atoms with E-state index in [2.05, 4.69) is 10.2 Å². The summed E-state index contributed by atoms with van der Waals surface area (Å²) in [6.45, 7) is 0. The van der Waals surface area contributed by atoms with E-state index in [1.54, 1.807) is 0 Å². The summed E-state index contributed by atoms with van der Waals surface area (Å²) in [5.74, 6) is -0.336. The van der Waals surface area contributed by atoms with Crippen molar-refractivity contribution in [2.24, 2.45) is 5.18 Å². The van der Waals surface area contributed by atoms with Gasteiger partial charge in [-0.05, 0) is 5.18 Å². The molecule has 0 saturated carbocycles. The second-order valence-corrected chi connectivity index (χ2v) is 1.80. The predicted octanol–water partition coefficient (Wildman–Crippen LogP) is 0.998. The maximum atomic E-state index is 10.2. The fourth-order valence-corrected chi connectivity index (χ4v) is 0.642. The normalized spacial score (nSPS) is 9.09. The average Bonchev–Trinajstić information content (AvgIpc) is 2.04. The molecule has 0 aliphatic carbocycles. The minimum Gasteiger partial charge on any atom is -0.505 e. The van der Waals surface area contributed by atoms with Crippen molar-refractivity contribution in [3.63, 3.8) is 0 Å². The van der Waals surface area contributed by atoms with Gasteiger partial charge in [0.2, 0.25) is 0 Å². The van der Waals surface area contributed by atoms with E-state index < -0.39 is 0 Å². The van der Waals surface area contributed by atoms with Crippen molar-refractivity contribution in [1.82, 2.24) is 4.98 Å². The van der Waals surface area contributed by atoms with Crippen LogP contribution in [0, 0.1) is 4.91 Å². The molecule has 0 aromatic carbocycles. The summed E-state index contributed by atoms with van der Waals surface area (Å²) in [4.78, 5) is 23.7. The average molecular weight is 152 g/mol. The van der Waals surface area contributed by atoms with Gasteiger partial charge in [-0.1, -0.05) is 0 Å². The summed E-state index contributed by atoms with van der Waals surface area (Å²) >= 11 is 0. The lowest BCUT2D eigenvalue weighted by atomic mass is 10.2. The van der Waals surface area contributed by atoms with E-state index in [9.17, 15) is 9.70 Å². The molecule has 5 nitrogen and oxygen atoms in total. The third-order valence-electron chi connectivity index (χ3n) is 1.16. The van der Waals surface area contributed by atoms with Gasteiger partial charge < -0.3 is 5.11 Å². The third-order valence-corrected chi connectivity index (χ3v) is 1.16. The number of carbonyl (C=O) groups is 1. The van der Waals surface area contributed by atoms with Crippen LogP contribution in [0.4, 0.5) is 5.69 Å². The minimum absolute atomic E-state index is 0.130. The number of pyridine rings is 1. The van der Waals surface area contributed by atoms with Gasteiger partial charge in [0.05, 0.1) is 18.0 Å². The molecule has 1 N–H and O–H groups in total. The molecule has 0 radical (unpaired) electrons. The molecule has 1 heterocycles. The van der Waals surface area contributed by atoms with E-state index in [0.29, 0.717) is 6.29 Å². The van der Waals surface area contributed by atoms with E-state index in [4.69, 9.17) is 5.11 Å². The number of carbonyl (C=O) groups excluding carboxylic acids is 1. The molecule has 0 unspecified atom stereocenters. The quantitative estimate of drug-likeness (QED) is 0.506. The van der Waals surface area contributed by atoms with Crippen LogP contribution in [0.5, 0.6) is 5.75 Å². The Morgan fingerprint density at radius 1 is 1.55 bits per heavy atom. The summed E-state index contributed by atoms with van der Waals surface area (Å²) < 4.78 is 0. The summed E-state index contributed by atoms with van der Waals surface area (Å²) in [5.41, 5.74) is -0.282. The van der Waals surface area contributed by atoms with Crippen LogP contribution in [0.3, 0.4) is 0 Å². The molecule has 1 aromatic heterocycles. The van der Waals surface area contributed by atoms with Gasteiger partial charge in [-0.15, -0.1) is 4.91 Å². The molecule has 11 heavy (non-hydrogen) atoms. The zero-order valence-electron chi connectivity index (χ0n) is 5.39. The lowest BCUT2D eigenvalue weighted by molar-refractivity contribution is 0.112. The van der Waals surface area contributed by atoms with Crippen LogP contribution in [-0.2, 0) is 0 Å². The Morgan fingerprint density at radius 3 is 2.73 bits per heavy atom. The summed E-state index contributed by atoms with van der Waals surface area (Å²) in [6.07, 6.45) is 2.53. The molecule has 5 heteroatoms. The standard InChI is InChI=1S/C6H4N2O3/c9-3-4-5(8-11)1-7-2-6(4)10/h1-3,10H. The molecule has 0 spiro atoms. The molecular formula is C6H4N2O3. The largest absolute Gasteiger partial charge is 0.505 e. The van der Waals surface area contributed by atoms with Crippen LogP contribution in [0.15, 0.2) is 17.6 Å².